The Labute approximate surface area is 130 Å². The number of carbonyl (C=O) groups excluding carboxylic acids is 2. The van der Waals surface area contributed by atoms with Crippen LogP contribution in [0.5, 0.6) is 0 Å². The topological polar surface area (TPSA) is 64.0 Å². The molecule has 0 spiro atoms. The summed E-state index contributed by atoms with van der Waals surface area (Å²) in [7, 11) is 0. The highest BCUT2D eigenvalue weighted by Crippen LogP contribution is 2.15. The van der Waals surface area contributed by atoms with Gasteiger partial charge < -0.3 is 5.32 Å². The summed E-state index contributed by atoms with van der Waals surface area (Å²) in [6, 6.07) is 5.83. The van der Waals surface area contributed by atoms with E-state index in [9.17, 15) is 9.59 Å². The number of aryl methyl sites for hydroxylation is 1. The smallest absolute Gasteiger partial charge is 0.247 e. The highest BCUT2D eigenvalue weighted by molar-refractivity contribution is 5.92. The molecule has 1 aromatic carbocycles. The van der Waals surface area contributed by atoms with Crippen LogP contribution in [0.4, 0.5) is 0 Å². The molecule has 0 aliphatic carbocycles. The van der Waals surface area contributed by atoms with Crippen molar-refractivity contribution in [2.75, 3.05) is 6.54 Å². The lowest BCUT2D eigenvalue weighted by atomic mass is 10.1. The molecule has 118 valence electrons. The van der Waals surface area contributed by atoms with Crippen molar-refractivity contribution in [1.29, 1.82) is 0 Å². The summed E-state index contributed by atoms with van der Waals surface area (Å²) in [5.74, 6) is 0.319. The third kappa shape index (κ3) is 4.16. The van der Waals surface area contributed by atoms with E-state index in [0.29, 0.717) is 12.5 Å². The Hall–Kier alpha value is -2.17. The first kappa shape index (κ1) is 16.2. The zero-order valence-corrected chi connectivity index (χ0v) is 13.4. The Morgan fingerprint density at radius 3 is 2.77 bits per heavy atom. The fourth-order valence-electron chi connectivity index (χ4n) is 2.27. The van der Waals surface area contributed by atoms with Crippen LogP contribution >= 0.6 is 0 Å². The molecule has 22 heavy (non-hydrogen) atoms. The Kier molecular flexibility index (Phi) is 5.31. The van der Waals surface area contributed by atoms with Crippen LogP contribution in [0.1, 0.15) is 43.5 Å². The highest BCUT2D eigenvalue weighted by Gasteiger charge is 2.12. The number of amides is 1. The highest BCUT2D eigenvalue weighted by atomic mass is 16.2. The molecule has 0 saturated heterocycles. The third-order valence-electron chi connectivity index (χ3n) is 3.57. The SMILES string of the molecule is Cc1ccc2c(cnn2C(=O)CCC(=O)NCCC(C)C)c1. The second kappa shape index (κ2) is 7.20. The van der Waals surface area contributed by atoms with E-state index >= 15 is 0 Å². The maximum atomic E-state index is 12.2. The fourth-order valence-corrected chi connectivity index (χ4v) is 2.27. The summed E-state index contributed by atoms with van der Waals surface area (Å²) in [5, 5.41) is 7.91. The normalized spacial score (nSPS) is 11.1. The van der Waals surface area contributed by atoms with Crippen LogP contribution in [0.25, 0.3) is 10.9 Å². The Balaban J connectivity index is 1.90. The van der Waals surface area contributed by atoms with Gasteiger partial charge in [0.15, 0.2) is 0 Å². The van der Waals surface area contributed by atoms with Gasteiger partial charge in [-0.2, -0.15) is 5.10 Å². The first-order valence-electron chi connectivity index (χ1n) is 7.71. The van der Waals surface area contributed by atoms with Crippen molar-refractivity contribution in [3.63, 3.8) is 0 Å². The van der Waals surface area contributed by atoms with Crippen LogP contribution in [0.3, 0.4) is 0 Å². The number of hydrogen-bond donors (Lipinski definition) is 1. The zero-order chi connectivity index (χ0) is 16.1. The van der Waals surface area contributed by atoms with E-state index in [1.54, 1.807) is 6.20 Å². The molecule has 0 radical (unpaired) electrons. The second-order valence-corrected chi connectivity index (χ2v) is 6.04. The Morgan fingerprint density at radius 2 is 2.05 bits per heavy atom. The molecule has 1 N–H and O–H groups in total. The monoisotopic (exact) mass is 301 g/mol. The quantitative estimate of drug-likeness (QED) is 0.892. The zero-order valence-electron chi connectivity index (χ0n) is 13.4. The average molecular weight is 301 g/mol. The van der Waals surface area contributed by atoms with E-state index < -0.39 is 0 Å². The van der Waals surface area contributed by atoms with Crippen LogP contribution in [-0.2, 0) is 4.79 Å². The molecule has 0 aliphatic heterocycles. The van der Waals surface area contributed by atoms with Gasteiger partial charge in [-0.15, -0.1) is 0 Å². The van der Waals surface area contributed by atoms with Crippen molar-refractivity contribution < 1.29 is 9.59 Å². The molecule has 0 fully saturated rings. The summed E-state index contributed by atoms with van der Waals surface area (Å²) in [6.45, 7) is 6.88. The van der Waals surface area contributed by atoms with Gasteiger partial charge in [-0.1, -0.05) is 25.5 Å². The molecule has 5 heteroatoms. The molecule has 0 saturated carbocycles. The number of fused-ring (bicyclic) bond motifs is 1. The van der Waals surface area contributed by atoms with Crippen molar-refractivity contribution >= 4 is 22.7 Å². The van der Waals surface area contributed by atoms with Gasteiger partial charge in [-0.25, -0.2) is 4.68 Å². The number of carbonyl (C=O) groups is 2. The average Bonchev–Trinajstić information content (AvgIpc) is 2.87. The van der Waals surface area contributed by atoms with E-state index in [1.807, 2.05) is 25.1 Å². The molecule has 2 rings (SSSR count). The lowest BCUT2D eigenvalue weighted by Crippen LogP contribution is -2.26. The molecule has 0 unspecified atom stereocenters. The molecule has 0 aliphatic rings. The van der Waals surface area contributed by atoms with Crippen LogP contribution < -0.4 is 5.32 Å². The van der Waals surface area contributed by atoms with Crippen LogP contribution in [0.15, 0.2) is 24.4 Å². The minimum atomic E-state index is -0.155. The van der Waals surface area contributed by atoms with Crippen molar-refractivity contribution in [3.8, 4) is 0 Å². The van der Waals surface area contributed by atoms with E-state index in [2.05, 4.69) is 24.3 Å². The Bertz CT molecular complexity index is 674. The third-order valence-corrected chi connectivity index (χ3v) is 3.57. The second-order valence-electron chi connectivity index (χ2n) is 6.04. The predicted molar refractivity (Wildman–Crippen MR) is 86.8 cm³/mol. The van der Waals surface area contributed by atoms with E-state index in [0.717, 1.165) is 22.9 Å². The van der Waals surface area contributed by atoms with Gasteiger partial charge in [-0.05, 0) is 31.4 Å². The number of rotatable bonds is 6. The van der Waals surface area contributed by atoms with Gasteiger partial charge >= 0.3 is 0 Å². The Morgan fingerprint density at radius 1 is 1.27 bits per heavy atom. The lowest BCUT2D eigenvalue weighted by Gasteiger charge is -2.07. The van der Waals surface area contributed by atoms with Crippen molar-refractivity contribution in [3.05, 3.63) is 30.0 Å². The molecule has 5 nitrogen and oxygen atoms in total. The molecule has 0 atom stereocenters. The van der Waals surface area contributed by atoms with Gasteiger partial charge in [0, 0.05) is 24.8 Å². The minimum Gasteiger partial charge on any atom is -0.356 e. The summed E-state index contributed by atoms with van der Waals surface area (Å²) in [5.41, 5.74) is 1.92. The molecule has 1 heterocycles. The van der Waals surface area contributed by atoms with E-state index in [-0.39, 0.29) is 24.7 Å². The molecular formula is C17H23N3O2. The molecule has 0 bridgehead atoms. The van der Waals surface area contributed by atoms with Crippen LogP contribution in [0.2, 0.25) is 0 Å². The van der Waals surface area contributed by atoms with Gasteiger partial charge in [-0.3, -0.25) is 9.59 Å². The van der Waals surface area contributed by atoms with Crippen molar-refractivity contribution in [1.82, 2.24) is 15.1 Å². The van der Waals surface area contributed by atoms with E-state index in [1.165, 1.54) is 4.68 Å². The number of aromatic nitrogens is 2. The summed E-state index contributed by atoms with van der Waals surface area (Å²) in [6.07, 6.45) is 2.99. The molecule has 2 aromatic rings. The van der Waals surface area contributed by atoms with Gasteiger partial charge in [0.25, 0.3) is 0 Å². The molecular weight excluding hydrogens is 278 g/mol. The van der Waals surface area contributed by atoms with Crippen LogP contribution in [0, 0.1) is 12.8 Å². The van der Waals surface area contributed by atoms with Crippen molar-refractivity contribution in [2.24, 2.45) is 5.92 Å². The largest absolute Gasteiger partial charge is 0.356 e. The lowest BCUT2D eigenvalue weighted by molar-refractivity contribution is -0.121. The van der Waals surface area contributed by atoms with E-state index in [4.69, 9.17) is 0 Å². The minimum absolute atomic E-state index is 0.0821. The first-order valence-corrected chi connectivity index (χ1v) is 7.71. The maximum Gasteiger partial charge on any atom is 0.247 e. The molecule has 1 amide bonds. The standard InChI is InChI=1S/C17H23N3O2/c1-12(2)8-9-18-16(21)6-7-17(22)20-15-5-4-13(3)10-14(15)11-19-20/h4-5,10-12H,6-9H2,1-3H3,(H,18,21). The summed E-state index contributed by atoms with van der Waals surface area (Å²) < 4.78 is 1.39. The summed E-state index contributed by atoms with van der Waals surface area (Å²) in [4.78, 5) is 23.9. The predicted octanol–water partition coefficient (Wildman–Crippen LogP) is 2.93. The number of benzene rings is 1. The first-order chi connectivity index (χ1) is 10.5. The number of nitrogens with zero attached hydrogens (tertiary/aromatic N) is 2. The maximum absolute atomic E-state index is 12.2. The van der Waals surface area contributed by atoms with Gasteiger partial charge in [0.1, 0.15) is 0 Å². The van der Waals surface area contributed by atoms with Crippen LogP contribution in [-0.4, -0.2) is 28.1 Å². The van der Waals surface area contributed by atoms with Crippen molar-refractivity contribution in [2.45, 2.75) is 40.0 Å². The number of nitrogens with one attached hydrogen (secondary N) is 1. The van der Waals surface area contributed by atoms with Gasteiger partial charge in [0.2, 0.25) is 11.8 Å². The van der Waals surface area contributed by atoms with Gasteiger partial charge in [0.05, 0.1) is 11.7 Å². The molecule has 1 aromatic heterocycles. The number of hydrogen-bond acceptors (Lipinski definition) is 3. The summed E-state index contributed by atoms with van der Waals surface area (Å²) >= 11 is 0. The fraction of sp³-hybridized carbons (Fsp3) is 0.471.